The van der Waals surface area contributed by atoms with Gasteiger partial charge in [-0.3, -0.25) is 9.69 Å². The Labute approximate surface area is 260 Å². The minimum Gasteiger partial charge on any atom is -0.380 e. The third-order valence-electron chi connectivity index (χ3n) is 9.42. The standard InChI is InChI=1S/C34H43N3O4S2/c1-5-41-17-16-35-15-14-24-8-11-27(19-25(24)20-35)37(33(38)32-7-6-18-42-32)23-31-29-21-36(22-30(29)31)43(39,40)28-12-9-26(10-13-28)34(2,3)4/h6-13,18-19,29-31H,5,14-17,20-23H2,1-4H3. The van der Waals surface area contributed by atoms with Crippen molar-refractivity contribution in [3.63, 3.8) is 0 Å². The lowest BCUT2D eigenvalue weighted by Crippen LogP contribution is -2.37. The van der Waals surface area contributed by atoms with E-state index in [0.29, 0.717) is 24.5 Å². The number of carbonyl (C=O) groups is 1. The Balaban J connectivity index is 1.16. The van der Waals surface area contributed by atoms with Crippen LogP contribution in [0.2, 0.25) is 0 Å². The van der Waals surface area contributed by atoms with Crippen LogP contribution >= 0.6 is 11.3 Å². The molecule has 1 aliphatic carbocycles. The van der Waals surface area contributed by atoms with Crippen LogP contribution in [-0.4, -0.2) is 69.5 Å². The number of ether oxygens (including phenoxy) is 1. The zero-order valence-electron chi connectivity index (χ0n) is 25.7. The van der Waals surface area contributed by atoms with E-state index in [-0.39, 0.29) is 29.1 Å². The molecule has 0 N–H and O–H groups in total. The SMILES string of the molecule is CCOCCN1CCc2ccc(N(CC3C4CN(S(=O)(=O)c5ccc(C(C)(C)C)cc5)CC34)C(=O)c3cccs3)cc2C1. The molecule has 2 fully saturated rings. The topological polar surface area (TPSA) is 70.2 Å². The Morgan fingerprint density at radius 1 is 1.05 bits per heavy atom. The second kappa shape index (κ2) is 12.1. The number of amides is 1. The second-order valence-corrected chi connectivity index (χ2v) is 16.0. The number of piperidine rings is 1. The Bertz CT molecular complexity index is 1540. The molecule has 1 saturated heterocycles. The minimum atomic E-state index is -3.54. The highest BCUT2D eigenvalue weighted by Gasteiger charge is 2.58. The highest BCUT2D eigenvalue weighted by Crippen LogP contribution is 2.53. The van der Waals surface area contributed by atoms with Gasteiger partial charge in [-0.1, -0.05) is 45.0 Å². The van der Waals surface area contributed by atoms with Crippen molar-refractivity contribution in [2.75, 3.05) is 50.8 Å². The number of hydrogen-bond acceptors (Lipinski definition) is 6. The zero-order chi connectivity index (χ0) is 30.4. The van der Waals surface area contributed by atoms with Crippen LogP contribution < -0.4 is 4.90 Å². The molecule has 3 heterocycles. The van der Waals surface area contributed by atoms with Gasteiger partial charge in [0.25, 0.3) is 5.91 Å². The summed E-state index contributed by atoms with van der Waals surface area (Å²) in [5.74, 6) is 0.854. The zero-order valence-corrected chi connectivity index (χ0v) is 27.3. The van der Waals surface area contributed by atoms with Crippen molar-refractivity contribution < 1.29 is 17.9 Å². The molecule has 1 aromatic heterocycles. The molecule has 9 heteroatoms. The van der Waals surface area contributed by atoms with E-state index < -0.39 is 10.0 Å². The van der Waals surface area contributed by atoms with E-state index in [4.69, 9.17) is 4.74 Å². The van der Waals surface area contributed by atoms with E-state index in [1.807, 2.05) is 41.5 Å². The van der Waals surface area contributed by atoms with Gasteiger partial charge in [0.05, 0.1) is 16.4 Å². The minimum absolute atomic E-state index is 0.0207. The van der Waals surface area contributed by atoms with Gasteiger partial charge in [0.2, 0.25) is 10.0 Å². The molecular formula is C34H43N3O4S2. The van der Waals surface area contributed by atoms with Crippen LogP contribution in [0.25, 0.3) is 0 Å². The fourth-order valence-corrected chi connectivity index (χ4v) is 8.89. The maximum absolute atomic E-state index is 13.8. The number of benzene rings is 2. The fourth-order valence-electron chi connectivity index (χ4n) is 6.70. The molecule has 2 unspecified atom stereocenters. The van der Waals surface area contributed by atoms with Gasteiger partial charge < -0.3 is 9.64 Å². The van der Waals surface area contributed by atoms with Crippen molar-refractivity contribution in [2.24, 2.45) is 17.8 Å². The molecule has 0 radical (unpaired) electrons. The first-order chi connectivity index (χ1) is 20.6. The average molecular weight is 622 g/mol. The Morgan fingerprint density at radius 3 is 2.44 bits per heavy atom. The summed E-state index contributed by atoms with van der Waals surface area (Å²) in [5, 5.41) is 1.94. The number of rotatable bonds is 10. The molecule has 2 atom stereocenters. The number of fused-ring (bicyclic) bond motifs is 2. The number of sulfonamides is 1. The molecule has 43 heavy (non-hydrogen) atoms. The number of carbonyl (C=O) groups excluding carboxylic acids is 1. The molecule has 1 amide bonds. The van der Waals surface area contributed by atoms with Crippen molar-refractivity contribution in [3.05, 3.63) is 81.5 Å². The van der Waals surface area contributed by atoms with Gasteiger partial charge in [-0.25, -0.2) is 8.42 Å². The van der Waals surface area contributed by atoms with Crippen molar-refractivity contribution in [1.29, 1.82) is 0 Å². The first kappa shape index (κ1) is 30.5. The summed E-state index contributed by atoms with van der Waals surface area (Å²) in [6.45, 7) is 14.3. The Hall–Kier alpha value is -2.56. The summed E-state index contributed by atoms with van der Waals surface area (Å²) in [6.07, 6.45) is 0.997. The van der Waals surface area contributed by atoms with Crippen LogP contribution in [0.15, 0.2) is 64.9 Å². The van der Waals surface area contributed by atoms with Crippen LogP contribution in [0.5, 0.6) is 0 Å². The lowest BCUT2D eigenvalue weighted by atomic mass is 9.87. The van der Waals surface area contributed by atoms with Crippen molar-refractivity contribution in [1.82, 2.24) is 9.21 Å². The average Bonchev–Trinajstić information content (AvgIpc) is 3.38. The number of nitrogens with zero attached hydrogens (tertiary/aromatic N) is 3. The maximum atomic E-state index is 13.8. The number of thiophene rings is 1. The monoisotopic (exact) mass is 621 g/mol. The molecule has 2 aromatic carbocycles. The summed E-state index contributed by atoms with van der Waals surface area (Å²) in [5.41, 5.74) is 4.64. The number of hydrogen-bond donors (Lipinski definition) is 0. The van der Waals surface area contributed by atoms with E-state index in [1.165, 1.54) is 22.5 Å². The van der Waals surface area contributed by atoms with Crippen LogP contribution in [0.4, 0.5) is 5.69 Å². The fraction of sp³-hybridized carbons (Fsp3) is 0.500. The highest BCUT2D eigenvalue weighted by atomic mass is 32.2. The van der Waals surface area contributed by atoms with Gasteiger partial charge in [0.15, 0.2) is 0 Å². The predicted octanol–water partition coefficient (Wildman–Crippen LogP) is 5.65. The lowest BCUT2D eigenvalue weighted by molar-refractivity contribution is 0.0988. The largest absolute Gasteiger partial charge is 0.380 e. The first-order valence-corrected chi connectivity index (χ1v) is 17.8. The number of anilines is 1. The van der Waals surface area contributed by atoms with Crippen molar-refractivity contribution in [2.45, 2.75) is 51.0 Å². The molecule has 1 saturated carbocycles. The molecule has 7 nitrogen and oxygen atoms in total. The molecule has 2 aliphatic heterocycles. The summed E-state index contributed by atoms with van der Waals surface area (Å²) in [4.78, 5) is 19.3. The molecule has 6 rings (SSSR count). The smallest absolute Gasteiger partial charge is 0.268 e. The van der Waals surface area contributed by atoms with E-state index in [9.17, 15) is 13.2 Å². The second-order valence-electron chi connectivity index (χ2n) is 13.2. The van der Waals surface area contributed by atoms with Gasteiger partial charge in [0, 0.05) is 51.6 Å². The van der Waals surface area contributed by atoms with Gasteiger partial charge >= 0.3 is 0 Å². The molecule has 230 valence electrons. The van der Waals surface area contributed by atoms with Crippen LogP contribution in [0.3, 0.4) is 0 Å². The van der Waals surface area contributed by atoms with Gasteiger partial charge in [-0.15, -0.1) is 11.3 Å². The molecule has 0 bridgehead atoms. The van der Waals surface area contributed by atoms with E-state index in [0.717, 1.165) is 55.4 Å². The Morgan fingerprint density at radius 2 is 1.79 bits per heavy atom. The van der Waals surface area contributed by atoms with Crippen molar-refractivity contribution in [3.8, 4) is 0 Å². The molecular weight excluding hydrogens is 579 g/mol. The van der Waals surface area contributed by atoms with Crippen LogP contribution in [-0.2, 0) is 33.1 Å². The van der Waals surface area contributed by atoms with Gasteiger partial charge in [0.1, 0.15) is 0 Å². The summed E-state index contributed by atoms with van der Waals surface area (Å²) >= 11 is 1.47. The highest BCUT2D eigenvalue weighted by molar-refractivity contribution is 7.89. The van der Waals surface area contributed by atoms with Gasteiger partial charge in [-0.05, 0) is 88.9 Å². The summed E-state index contributed by atoms with van der Waals surface area (Å²) in [6, 6.07) is 17.6. The predicted molar refractivity (Wildman–Crippen MR) is 172 cm³/mol. The molecule has 0 spiro atoms. The van der Waals surface area contributed by atoms with Crippen molar-refractivity contribution >= 4 is 33.0 Å². The Kier molecular flexibility index (Phi) is 8.56. The quantitative estimate of drug-likeness (QED) is 0.274. The van der Waals surface area contributed by atoms with E-state index in [2.05, 4.69) is 43.9 Å². The third-order valence-corrected chi connectivity index (χ3v) is 12.1. The van der Waals surface area contributed by atoms with Gasteiger partial charge in [-0.2, -0.15) is 4.31 Å². The van der Waals surface area contributed by atoms with Crippen LogP contribution in [0, 0.1) is 17.8 Å². The molecule has 3 aromatic rings. The molecule has 3 aliphatic rings. The first-order valence-electron chi connectivity index (χ1n) is 15.4. The van der Waals surface area contributed by atoms with E-state index >= 15 is 0 Å². The lowest BCUT2D eigenvalue weighted by Gasteiger charge is -2.31. The van der Waals surface area contributed by atoms with Crippen LogP contribution in [0.1, 0.15) is 54.1 Å². The normalized spacial score (nSPS) is 22.3. The third kappa shape index (κ3) is 6.33. The maximum Gasteiger partial charge on any atom is 0.268 e. The summed E-state index contributed by atoms with van der Waals surface area (Å²) in [7, 11) is -3.54. The van der Waals surface area contributed by atoms with E-state index in [1.54, 1.807) is 16.4 Å². The summed E-state index contributed by atoms with van der Waals surface area (Å²) < 4.78 is 34.2.